The zero-order valence-electron chi connectivity index (χ0n) is 16.2. The fourth-order valence-corrected chi connectivity index (χ4v) is 4.80. The van der Waals surface area contributed by atoms with Gasteiger partial charge in [-0.2, -0.15) is 0 Å². The number of halogens is 1. The Morgan fingerprint density at radius 1 is 1.22 bits per heavy atom. The highest BCUT2D eigenvalue weighted by atomic mass is 35.5. The van der Waals surface area contributed by atoms with Gasteiger partial charge in [0.2, 0.25) is 5.91 Å². The highest BCUT2D eigenvalue weighted by Crippen LogP contribution is 2.36. The minimum atomic E-state index is -0.125. The van der Waals surface area contributed by atoms with E-state index in [1.165, 1.54) is 12.8 Å². The van der Waals surface area contributed by atoms with Crippen molar-refractivity contribution in [3.8, 4) is 0 Å². The van der Waals surface area contributed by atoms with Gasteiger partial charge in [0.1, 0.15) is 0 Å². The molecule has 3 rings (SSSR count). The second kappa shape index (κ2) is 8.96. The summed E-state index contributed by atoms with van der Waals surface area (Å²) in [6.45, 7) is 4.34. The Morgan fingerprint density at radius 3 is 2.59 bits per heavy atom. The Labute approximate surface area is 166 Å². The maximum Gasteiger partial charge on any atom is 0.315 e. The van der Waals surface area contributed by atoms with Crippen molar-refractivity contribution in [1.29, 1.82) is 0 Å². The second-order valence-corrected chi connectivity index (χ2v) is 8.41. The molecule has 6 heteroatoms. The third-order valence-electron chi connectivity index (χ3n) is 5.98. The number of nitrogens with one attached hydrogen (secondary N) is 2. The van der Waals surface area contributed by atoms with Crippen LogP contribution in [0.2, 0.25) is 5.02 Å². The molecular weight excluding hydrogens is 362 g/mol. The fraction of sp³-hybridized carbons (Fsp3) is 0.619. The molecule has 2 fully saturated rings. The average Bonchev–Trinajstić information content (AvgIpc) is 3.13. The summed E-state index contributed by atoms with van der Waals surface area (Å²) in [6.07, 6.45) is 6.27. The van der Waals surface area contributed by atoms with E-state index >= 15 is 0 Å². The van der Waals surface area contributed by atoms with Crippen molar-refractivity contribution in [3.63, 3.8) is 0 Å². The van der Waals surface area contributed by atoms with E-state index in [0.717, 1.165) is 31.2 Å². The Bertz CT molecular complexity index is 675. The highest BCUT2D eigenvalue weighted by Gasteiger charge is 2.31. The molecule has 1 saturated carbocycles. The number of piperidine rings is 1. The summed E-state index contributed by atoms with van der Waals surface area (Å²) in [5.74, 6) is 0.556. The smallest absolute Gasteiger partial charge is 0.315 e. The number of rotatable bonds is 4. The minimum Gasteiger partial charge on any atom is -0.340 e. The summed E-state index contributed by atoms with van der Waals surface area (Å²) in [6, 6.07) is 7.92. The summed E-state index contributed by atoms with van der Waals surface area (Å²) in [5.41, 5.74) is 1.07. The third kappa shape index (κ3) is 5.16. The van der Waals surface area contributed by atoms with Gasteiger partial charge in [-0.15, -0.1) is 0 Å². The molecule has 1 aromatic carbocycles. The molecule has 2 N–H and O–H groups in total. The molecule has 1 saturated heterocycles. The van der Waals surface area contributed by atoms with E-state index in [2.05, 4.69) is 10.6 Å². The van der Waals surface area contributed by atoms with Crippen molar-refractivity contribution in [3.05, 3.63) is 34.9 Å². The van der Waals surface area contributed by atoms with E-state index in [0.29, 0.717) is 17.5 Å². The number of carbonyl (C=O) groups excluding carboxylic acids is 2. The first-order valence-corrected chi connectivity index (χ1v) is 10.4. The van der Waals surface area contributed by atoms with Crippen molar-refractivity contribution < 1.29 is 9.59 Å². The predicted molar refractivity (Wildman–Crippen MR) is 108 cm³/mol. The molecule has 3 unspecified atom stereocenters. The summed E-state index contributed by atoms with van der Waals surface area (Å²) in [7, 11) is 0. The number of hydrogen-bond acceptors (Lipinski definition) is 2. The molecule has 27 heavy (non-hydrogen) atoms. The molecule has 1 aliphatic heterocycles. The normalized spacial score (nSPS) is 24.5. The van der Waals surface area contributed by atoms with E-state index < -0.39 is 0 Å². The molecule has 5 nitrogen and oxygen atoms in total. The van der Waals surface area contributed by atoms with Crippen LogP contribution in [0.4, 0.5) is 4.79 Å². The van der Waals surface area contributed by atoms with Gasteiger partial charge in [0.15, 0.2) is 0 Å². The van der Waals surface area contributed by atoms with E-state index in [1.807, 2.05) is 36.1 Å². The first kappa shape index (κ1) is 20.0. The number of amides is 3. The molecule has 1 aromatic rings. The molecule has 148 valence electrons. The first-order chi connectivity index (χ1) is 12.9. The quantitative estimate of drug-likeness (QED) is 0.805. The summed E-state index contributed by atoms with van der Waals surface area (Å²) in [5, 5.41) is 7.03. The van der Waals surface area contributed by atoms with Gasteiger partial charge >= 0.3 is 6.03 Å². The Kier molecular flexibility index (Phi) is 6.64. The van der Waals surface area contributed by atoms with Gasteiger partial charge in [-0.05, 0) is 56.2 Å². The van der Waals surface area contributed by atoms with Crippen molar-refractivity contribution >= 4 is 23.5 Å². The molecule has 3 atom stereocenters. The minimum absolute atomic E-state index is 0.0130. The van der Waals surface area contributed by atoms with Crippen molar-refractivity contribution in [2.24, 2.45) is 5.92 Å². The van der Waals surface area contributed by atoms with Gasteiger partial charge < -0.3 is 15.5 Å². The summed E-state index contributed by atoms with van der Waals surface area (Å²) >= 11 is 6.18. The average molecular weight is 392 g/mol. The lowest BCUT2D eigenvalue weighted by Crippen LogP contribution is -2.52. The molecular formula is C21H30ClN3O2. The Morgan fingerprint density at radius 2 is 1.96 bits per heavy atom. The standard InChI is InChI=1S/C21H30ClN3O2/c1-14-12-19(10-11-25(14)15(2)26)23-21(27)24-20(16-6-3-4-7-16)17-8-5-9-18(22)13-17/h5,8-9,13-14,16,19-20H,3-4,6-7,10-12H2,1-2H3,(H2,23,24,27). The van der Waals surface area contributed by atoms with Crippen LogP contribution < -0.4 is 10.6 Å². The van der Waals surface area contributed by atoms with Crippen LogP contribution in [0.1, 0.15) is 64.0 Å². The molecule has 0 bridgehead atoms. The predicted octanol–water partition coefficient (Wildman–Crippen LogP) is 4.27. The van der Waals surface area contributed by atoms with Gasteiger partial charge in [0.05, 0.1) is 6.04 Å². The summed E-state index contributed by atoms with van der Waals surface area (Å²) in [4.78, 5) is 26.2. The number of benzene rings is 1. The fourth-order valence-electron chi connectivity index (χ4n) is 4.60. The van der Waals surface area contributed by atoms with Crippen LogP contribution in [0.3, 0.4) is 0 Å². The number of hydrogen-bond donors (Lipinski definition) is 2. The number of nitrogens with zero attached hydrogens (tertiary/aromatic N) is 1. The monoisotopic (exact) mass is 391 g/mol. The summed E-state index contributed by atoms with van der Waals surface area (Å²) < 4.78 is 0. The lowest BCUT2D eigenvalue weighted by atomic mass is 9.91. The first-order valence-electron chi connectivity index (χ1n) is 10.0. The lowest BCUT2D eigenvalue weighted by Gasteiger charge is -2.37. The van der Waals surface area contributed by atoms with Crippen LogP contribution in [0.5, 0.6) is 0 Å². The zero-order valence-corrected chi connectivity index (χ0v) is 17.0. The van der Waals surface area contributed by atoms with Gasteiger partial charge in [-0.1, -0.05) is 36.6 Å². The molecule has 0 spiro atoms. The molecule has 0 radical (unpaired) electrons. The highest BCUT2D eigenvalue weighted by molar-refractivity contribution is 6.30. The van der Waals surface area contributed by atoms with Gasteiger partial charge in [0, 0.05) is 30.6 Å². The van der Waals surface area contributed by atoms with Gasteiger partial charge in [-0.25, -0.2) is 4.79 Å². The van der Waals surface area contributed by atoms with Crippen molar-refractivity contribution in [2.75, 3.05) is 6.54 Å². The van der Waals surface area contributed by atoms with E-state index in [-0.39, 0.29) is 30.1 Å². The zero-order chi connectivity index (χ0) is 19.4. The van der Waals surface area contributed by atoms with E-state index in [1.54, 1.807) is 6.92 Å². The van der Waals surface area contributed by atoms with E-state index in [4.69, 9.17) is 11.6 Å². The largest absolute Gasteiger partial charge is 0.340 e. The van der Waals surface area contributed by atoms with Gasteiger partial charge in [-0.3, -0.25) is 4.79 Å². The molecule has 0 aromatic heterocycles. The maximum absolute atomic E-state index is 12.7. The van der Waals surface area contributed by atoms with Crippen LogP contribution >= 0.6 is 11.6 Å². The molecule has 1 aliphatic carbocycles. The van der Waals surface area contributed by atoms with Crippen molar-refractivity contribution in [2.45, 2.75) is 70.5 Å². The second-order valence-electron chi connectivity index (χ2n) is 7.98. The topological polar surface area (TPSA) is 61.4 Å². The van der Waals surface area contributed by atoms with E-state index in [9.17, 15) is 9.59 Å². The third-order valence-corrected chi connectivity index (χ3v) is 6.22. The Balaban J connectivity index is 1.62. The van der Waals surface area contributed by atoms with Gasteiger partial charge in [0.25, 0.3) is 0 Å². The Hall–Kier alpha value is -1.75. The molecule has 1 heterocycles. The number of urea groups is 1. The van der Waals surface area contributed by atoms with Crippen molar-refractivity contribution in [1.82, 2.24) is 15.5 Å². The van der Waals surface area contributed by atoms with Crippen LogP contribution in [-0.4, -0.2) is 35.5 Å². The lowest BCUT2D eigenvalue weighted by molar-refractivity contribution is -0.132. The van der Waals surface area contributed by atoms with Crippen LogP contribution in [-0.2, 0) is 4.79 Å². The number of carbonyl (C=O) groups is 2. The SMILES string of the molecule is CC(=O)N1CCC(NC(=O)NC(c2cccc(Cl)c2)C2CCCC2)CC1C. The maximum atomic E-state index is 12.7. The van der Waals surface area contributed by atoms with Crippen LogP contribution in [0.15, 0.2) is 24.3 Å². The number of likely N-dealkylation sites (tertiary alicyclic amines) is 1. The molecule has 2 aliphatic rings. The van der Waals surface area contributed by atoms with Crippen LogP contribution in [0.25, 0.3) is 0 Å². The molecule has 3 amide bonds. The van der Waals surface area contributed by atoms with Crippen LogP contribution in [0, 0.1) is 5.92 Å².